The normalized spacial score (nSPS) is 11.6. The lowest BCUT2D eigenvalue weighted by molar-refractivity contribution is -0.139. The van der Waals surface area contributed by atoms with E-state index in [9.17, 15) is 13.2 Å². The Bertz CT molecular complexity index is 1140. The maximum absolute atomic E-state index is 13.6. The highest BCUT2D eigenvalue weighted by Crippen LogP contribution is 2.39. The maximum atomic E-state index is 13.6. The van der Waals surface area contributed by atoms with Crippen LogP contribution < -0.4 is 10.1 Å². The average molecular weight is 415 g/mol. The molecule has 0 aliphatic carbocycles. The SMILES string of the molecule is Cc1csc2c(Nc3ccc(OCc4ccccc4)c(C(F)(F)F)c3)ncnc12. The summed E-state index contributed by atoms with van der Waals surface area (Å²) in [5.41, 5.74) is 2.00. The first-order valence-electron chi connectivity index (χ1n) is 8.75. The van der Waals surface area contributed by atoms with Gasteiger partial charge in [0.05, 0.1) is 15.8 Å². The zero-order valence-electron chi connectivity index (χ0n) is 15.3. The molecule has 0 fully saturated rings. The number of fused-ring (bicyclic) bond motifs is 1. The third kappa shape index (κ3) is 4.17. The summed E-state index contributed by atoms with van der Waals surface area (Å²) in [6.07, 6.45) is -3.16. The van der Waals surface area contributed by atoms with Gasteiger partial charge in [0.1, 0.15) is 18.7 Å². The number of aryl methyl sites for hydroxylation is 1. The highest BCUT2D eigenvalue weighted by atomic mass is 32.1. The maximum Gasteiger partial charge on any atom is 0.420 e. The second-order valence-electron chi connectivity index (χ2n) is 6.43. The Morgan fingerprint density at radius 3 is 2.62 bits per heavy atom. The fraction of sp³-hybridized carbons (Fsp3) is 0.143. The van der Waals surface area contributed by atoms with Gasteiger partial charge in [-0.2, -0.15) is 13.2 Å². The van der Waals surface area contributed by atoms with Gasteiger partial charge >= 0.3 is 6.18 Å². The Hall–Kier alpha value is -3.13. The molecule has 0 aliphatic rings. The molecule has 0 radical (unpaired) electrons. The fourth-order valence-electron chi connectivity index (χ4n) is 2.89. The van der Waals surface area contributed by atoms with Crippen molar-refractivity contribution in [2.75, 3.05) is 5.32 Å². The van der Waals surface area contributed by atoms with Gasteiger partial charge in [-0.1, -0.05) is 30.3 Å². The number of anilines is 2. The molecule has 8 heteroatoms. The summed E-state index contributed by atoms with van der Waals surface area (Å²) in [6, 6.07) is 13.0. The Morgan fingerprint density at radius 2 is 1.86 bits per heavy atom. The molecule has 0 atom stereocenters. The molecule has 0 saturated carbocycles. The van der Waals surface area contributed by atoms with Crippen molar-refractivity contribution in [1.82, 2.24) is 9.97 Å². The third-order valence-corrected chi connectivity index (χ3v) is 5.41. The van der Waals surface area contributed by atoms with Crippen LogP contribution >= 0.6 is 11.3 Å². The van der Waals surface area contributed by atoms with Gasteiger partial charge < -0.3 is 10.1 Å². The molecular weight excluding hydrogens is 399 g/mol. The lowest BCUT2D eigenvalue weighted by Gasteiger charge is -2.16. The largest absolute Gasteiger partial charge is 0.488 e. The number of rotatable bonds is 5. The molecule has 0 aliphatic heterocycles. The van der Waals surface area contributed by atoms with Crippen molar-refractivity contribution in [2.45, 2.75) is 19.7 Å². The lowest BCUT2D eigenvalue weighted by Crippen LogP contribution is -2.09. The van der Waals surface area contributed by atoms with Gasteiger partial charge in [0, 0.05) is 5.69 Å². The summed E-state index contributed by atoms with van der Waals surface area (Å²) >= 11 is 1.44. The van der Waals surface area contributed by atoms with E-state index >= 15 is 0 Å². The summed E-state index contributed by atoms with van der Waals surface area (Å²) in [5, 5.41) is 4.91. The molecule has 0 saturated heterocycles. The number of benzene rings is 2. The minimum absolute atomic E-state index is 0.0533. The lowest BCUT2D eigenvalue weighted by atomic mass is 10.1. The molecular formula is C21H16F3N3OS. The van der Waals surface area contributed by atoms with Crippen LogP contribution in [0.3, 0.4) is 0 Å². The van der Waals surface area contributed by atoms with Gasteiger partial charge in [-0.05, 0) is 41.6 Å². The molecule has 4 aromatic rings. The van der Waals surface area contributed by atoms with Gasteiger partial charge in [0.2, 0.25) is 0 Å². The predicted molar refractivity (Wildman–Crippen MR) is 108 cm³/mol. The molecule has 4 rings (SSSR count). The van der Waals surface area contributed by atoms with Crippen molar-refractivity contribution in [3.8, 4) is 5.75 Å². The van der Waals surface area contributed by atoms with Gasteiger partial charge in [0.15, 0.2) is 5.82 Å². The molecule has 2 aromatic heterocycles. The molecule has 2 heterocycles. The van der Waals surface area contributed by atoms with Crippen LogP contribution in [0.5, 0.6) is 5.75 Å². The minimum Gasteiger partial charge on any atom is -0.488 e. The number of aromatic nitrogens is 2. The first kappa shape index (κ1) is 19.2. The van der Waals surface area contributed by atoms with Crippen LogP contribution in [0.4, 0.5) is 24.7 Å². The fourth-order valence-corrected chi connectivity index (χ4v) is 3.83. The molecule has 0 bridgehead atoms. The zero-order valence-corrected chi connectivity index (χ0v) is 16.1. The number of hydrogen-bond donors (Lipinski definition) is 1. The van der Waals surface area contributed by atoms with Crippen LogP contribution in [0.15, 0.2) is 60.2 Å². The Balaban J connectivity index is 1.63. The molecule has 1 N–H and O–H groups in total. The summed E-state index contributed by atoms with van der Waals surface area (Å²) in [4.78, 5) is 8.41. The number of alkyl halides is 3. The van der Waals surface area contributed by atoms with Gasteiger partial charge in [-0.25, -0.2) is 9.97 Å². The van der Waals surface area contributed by atoms with Gasteiger partial charge in [-0.3, -0.25) is 0 Å². The van der Waals surface area contributed by atoms with Crippen molar-refractivity contribution < 1.29 is 17.9 Å². The van der Waals surface area contributed by atoms with Gasteiger partial charge in [-0.15, -0.1) is 11.3 Å². The molecule has 0 amide bonds. The van der Waals surface area contributed by atoms with E-state index in [2.05, 4.69) is 15.3 Å². The van der Waals surface area contributed by atoms with Crippen molar-refractivity contribution >= 4 is 33.1 Å². The highest BCUT2D eigenvalue weighted by Gasteiger charge is 2.35. The van der Waals surface area contributed by atoms with Crippen LogP contribution in [0.25, 0.3) is 10.2 Å². The topological polar surface area (TPSA) is 47.0 Å². The molecule has 29 heavy (non-hydrogen) atoms. The average Bonchev–Trinajstić information content (AvgIpc) is 3.09. The Morgan fingerprint density at radius 1 is 1.07 bits per heavy atom. The van der Waals surface area contributed by atoms with Crippen molar-refractivity contribution in [3.63, 3.8) is 0 Å². The first-order valence-corrected chi connectivity index (χ1v) is 9.63. The molecule has 4 nitrogen and oxygen atoms in total. The number of thiophene rings is 1. The number of ether oxygens (including phenoxy) is 1. The summed E-state index contributed by atoms with van der Waals surface area (Å²) < 4.78 is 47.1. The van der Waals surface area contributed by atoms with Crippen molar-refractivity contribution in [2.24, 2.45) is 0 Å². The Kier molecular flexibility index (Phi) is 5.10. The second kappa shape index (κ2) is 7.71. The number of hydrogen-bond acceptors (Lipinski definition) is 5. The molecule has 148 valence electrons. The summed E-state index contributed by atoms with van der Waals surface area (Å²) in [7, 11) is 0. The van der Waals surface area contributed by atoms with E-state index in [1.807, 2.05) is 30.5 Å². The van der Waals surface area contributed by atoms with E-state index < -0.39 is 11.7 Å². The van der Waals surface area contributed by atoms with Crippen LogP contribution in [0.1, 0.15) is 16.7 Å². The van der Waals surface area contributed by atoms with E-state index in [0.717, 1.165) is 27.4 Å². The third-order valence-electron chi connectivity index (χ3n) is 4.32. The van der Waals surface area contributed by atoms with Crippen LogP contribution in [-0.4, -0.2) is 9.97 Å². The summed E-state index contributed by atoms with van der Waals surface area (Å²) in [6.45, 7) is 1.98. The van der Waals surface area contributed by atoms with E-state index in [1.165, 1.54) is 23.7 Å². The minimum atomic E-state index is -4.55. The number of nitrogens with zero attached hydrogens (tertiary/aromatic N) is 2. The van der Waals surface area contributed by atoms with Crippen LogP contribution in [-0.2, 0) is 12.8 Å². The number of nitrogens with one attached hydrogen (secondary N) is 1. The molecule has 0 unspecified atom stereocenters. The second-order valence-corrected chi connectivity index (χ2v) is 7.31. The monoisotopic (exact) mass is 415 g/mol. The van der Waals surface area contributed by atoms with E-state index in [0.29, 0.717) is 5.82 Å². The van der Waals surface area contributed by atoms with E-state index in [4.69, 9.17) is 4.74 Å². The number of halogens is 3. The first-order chi connectivity index (χ1) is 13.9. The van der Waals surface area contributed by atoms with E-state index in [-0.39, 0.29) is 18.0 Å². The van der Waals surface area contributed by atoms with E-state index in [1.54, 1.807) is 18.2 Å². The quantitative estimate of drug-likeness (QED) is 0.413. The summed E-state index contributed by atoms with van der Waals surface area (Å²) in [5.74, 6) is 0.255. The Labute approximate surface area is 169 Å². The van der Waals surface area contributed by atoms with Crippen molar-refractivity contribution in [1.29, 1.82) is 0 Å². The molecule has 2 aromatic carbocycles. The smallest absolute Gasteiger partial charge is 0.420 e. The van der Waals surface area contributed by atoms with Gasteiger partial charge in [0.25, 0.3) is 0 Å². The predicted octanol–water partition coefficient (Wildman–Crippen LogP) is 6.34. The van der Waals surface area contributed by atoms with Crippen LogP contribution in [0, 0.1) is 6.92 Å². The standard InChI is InChI=1S/C21H16F3N3OS/c1-13-11-29-19-18(13)25-12-26-20(19)27-15-7-8-17(16(9-15)21(22,23)24)28-10-14-5-3-2-4-6-14/h2-9,11-12H,10H2,1H3,(H,25,26,27). The molecule has 0 spiro atoms. The highest BCUT2D eigenvalue weighted by molar-refractivity contribution is 7.18. The zero-order chi connectivity index (χ0) is 20.4. The van der Waals surface area contributed by atoms with Crippen LogP contribution in [0.2, 0.25) is 0 Å². The van der Waals surface area contributed by atoms with Crippen molar-refractivity contribution in [3.05, 3.63) is 76.9 Å².